The minimum atomic E-state index is -4.83. The Balaban J connectivity index is 1.29. The van der Waals surface area contributed by atoms with Crippen LogP contribution in [0.3, 0.4) is 0 Å². The van der Waals surface area contributed by atoms with Gasteiger partial charge in [-0.05, 0) is 68.5 Å². The number of phenolic OH excluding ortho intramolecular Hbond substituents is 1. The van der Waals surface area contributed by atoms with Crippen molar-refractivity contribution in [3.63, 3.8) is 0 Å². The summed E-state index contributed by atoms with van der Waals surface area (Å²) in [4.78, 5) is 62.8. The summed E-state index contributed by atoms with van der Waals surface area (Å²) in [6, 6.07) is 22.6. The minimum Gasteiger partial charge on any atom is -0.504 e. The second-order valence-corrected chi connectivity index (χ2v) is 15.1. The Labute approximate surface area is 330 Å². The molecule has 8 rings (SSSR count). The third-order valence-electron chi connectivity index (χ3n) is 11.7. The number of pyridine rings is 1. The van der Waals surface area contributed by atoms with Crippen LogP contribution in [0.5, 0.6) is 11.5 Å². The molecular weight excluding hydrogens is 763 g/mol. The van der Waals surface area contributed by atoms with Gasteiger partial charge in [0.15, 0.2) is 17.3 Å². The number of nitrogens with zero attached hydrogens (tertiary/aromatic N) is 4. The van der Waals surface area contributed by atoms with E-state index in [2.05, 4.69) is 10.4 Å². The summed E-state index contributed by atoms with van der Waals surface area (Å²) in [5.41, 5.74) is 2.93. The van der Waals surface area contributed by atoms with Gasteiger partial charge in [0.2, 0.25) is 0 Å². The van der Waals surface area contributed by atoms with Crippen LogP contribution in [0.25, 0.3) is 0 Å². The van der Waals surface area contributed by atoms with E-state index < -0.39 is 76.3 Å². The van der Waals surface area contributed by atoms with E-state index >= 15 is 4.79 Å². The lowest BCUT2D eigenvalue weighted by atomic mass is 9.49. The Morgan fingerprint density at radius 2 is 1.67 bits per heavy atom. The maximum atomic E-state index is 15.4. The van der Waals surface area contributed by atoms with Crippen molar-refractivity contribution in [3.05, 3.63) is 124 Å². The number of halogens is 4. The number of alkyl halides is 3. The number of rotatable bonds is 8. The first-order valence-electron chi connectivity index (χ1n) is 18.5. The average molecular weight is 800 g/mol. The quantitative estimate of drug-likeness (QED) is 0.140. The molecule has 1 saturated carbocycles. The van der Waals surface area contributed by atoms with Gasteiger partial charge in [-0.2, -0.15) is 23.2 Å². The largest absolute Gasteiger partial charge is 0.504 e. The molecule has 0 bridgehead atoms. The molecule has 0 unspecified atom stereocenters. The second-order valence-electron chi connectivity index (χ2n) is 14.7. The predicted molar refractivity (Wildman–Crippen MR) is 203 cm³/mol. The molecule has 4 aromatic rings. The van der Waals surface area contributed by atoms with E-state index in [-0.39, 0.29) is 41.5 Å². The van der Waals surface area contributed by atoms with Gasteiger partial charge in [0.25, 0.3) is 23.6 Å². The van der Waals surface area contributed by atoms with E-state index in [0.717, 1.165) is 26.7 Å². The van der Waals surface area contributed by atoms with Crippen LogP contribution in [0.4, 0.5) is 24.7 Å². The third kappa shape index (κ3) is 5.82. The fraction of sp³-hybridized carbons (Fsp3) is 0.310. The molecule has 2 N–H and O–H groups in total. The van der Waals surface area contributed by atoms with E-state index in [1.807, 2.05) is 25.1 Å². The second kappa shape index (κ2) is 13.9. The number of ether oxygens (including phenoxy) is 1. The lowest BCUT2D eigenvalue weighted by molar-refractivity contribution is -0.142. The lowest BCUT2D eigenvalue weighted by Crippen LogP contribution is -2.53. The number of aromatic nitrogens is 1. The lowest BCUT2D eigenvalue weighted by Gasteiger charge is -2.50. The van der Waals surface area contributed by atoms with Crippen LogP contribution in [-0.4, -0.2) is 57.4 Å². The number of imide groups is 2. The predicted octanol–water partition coefficient (Wildman–Crippen LogP) is 7.20. The van der Waals surface area contributed by atoms with Crippen LogP contribution in [0.2, 0.25) is 5.02 Å². The highest BCUT2D eigenvalue weighted by Crippen LogP contribution is 2.65. The SMILES string of the molecule is CCOc1cccc([C@H]2C3=CC[C@@H]4C(=O)N(N(C)c5nc(C(F)(F)F)ccc5Cl)C(=O)[C@@H]4[C@@H]3C[C@H]3C(=O)N(Nc4ccc(C)cc4)C(=O)[C@@]23c2ccccc2)c1O. The number of benzene rings is 3. The summed E-state index contributed by atoms with van der Waals surface area (Å²) >= 11 is 6.31. The standard InChI is InChI=1S/C42H37ClF3N5O6/c1-4-57-31-12-8-11-27(35(31)52)34-25-17-18-26-33(39(55)51(37(26)53)49(3)36-30(43)19-20-32(47-36)42(44,45)46)28(25)21-29-38(54)50(48-24-15-13-22(2)14-16-24)40(56)41(29,34)23-9-6-5-7-10-23/h5-17,19-20,26,28-29,33-34,48,52H,4,18,21H2,1-3H3/t26-,28+,29-,33-,34+,41+/m0/s1. The molecule has 294 valence electrons. The Morgan fingerprint density at radius 3 is 2.35 bits per heavy atom. The van der Waals surface area contributed by atoms with Gasteiger partial charge in [-0.3, -0.25) is 29.6 Å². The molecule has 57 heavy (non-hydrogen) atoms. The molecule has 2 saturated heterocycles. The number of amides is 4. The van der Waals surface area contributed by atoms with E-state index in [1.165, 1.54) is 7.05 Å². The molecule has 3 fully saturated rings. The van der Waals surface area contributed by atoms with Crippen LogP contribution >= 0.6 is 11.6 Å². The van der Waals surface area contributed by atoms with Gasteiger partial charge in [0.1, 0.15) is 5.69 Å². The van der Waals surface area contributed by atoms with E-state index in [4.69, 9.17) is 16.3 Å². The molecule has 4 amide bonds. The van der Waals surface area contributed by atoms with Crippen molar-refractivity contribution in [2.75, 3.05) is 24.1 Å². The van der Waals surface area contributed by atoms with Crippen LogP contribution in [0.15, 0.2) is 96.6 Å². The van der Waals surface area contributed by atoms with E-state index in [9.17, 15) is 32.7 Å². The topological polar surface area (TPSA) is 132 Å². The van der Waals surface area contributed by atoms with Crippen molar-refractivity contribution in [3.8, 4) is 11.5 Å². The number of allylic oxidation sites excluding steroid dienone is 2. The normalized spacial score (nSPS) is 25.5. The van der Waals surface area contributed by atoms with Crippen molar-refractivity contribution < 1.29 is 42.2 Å². The van der Waals surface area contributed by atoms with Crippen LogP contribution < -0.4 is 15.2 Å². The molecule has 0 radical (unpaired) electrons. The number of aromatic hydroxyl groups is 1. The minimum absolute atomic E-state index is 0.0284. The number of phenols is 1. The first-order valence-corrected chi connectivity index (χ1v) is 18.8. The van der Waals surface area contributed by atoms with Gasteiger partial charge in [0, 0.05) is 18.5 Å². The molecule has 3 aromatic carbocycles. The number of aryl methyl sites for hydroxylation is 1. The van der Waals surface area contributed by atoms with Crippen molar-refractivity contribution in [1.82, 2.24) is 15.0 Å². The molecular formula is C42H37ClF3N5O6. The summed E-state index contributed by atoms with van der Waals surface area (Å²) in [6.45, 7) is 3.89. The van der Waals surface area contributed by atoms with Gasteiger partial charge in [-0.25, -0.2) is 4.98 Å². The molecule has 6 atom stereocenters. The number of hydrogen-bond acceptors (Lipinski definition) is 9. The summed E-state index contributed by atoms with van der Waals surface area (Å²) in [5, 5.41) is 14.4. The molecule has 4 aliphatic rings. The average Bonchev–Trinajstić information content (AvgIpc) is 3.57. The van der Waals surface area contributed by atoms with Gasteiger partial charge in [-0.15, -0.1) is 0 Å². The number of fused-ring (bicyclic) bond motifs is 4. The molecule has 0 spiro atoms. The number of hydrogen-bond donors (Lipinski definition) is 2. The Kier molecular flexibility index (Phi) is 9.30. The van der Waals surface area contributed by atoms with Gasteiger partial charge >= 0.3 is 6.18 Å². The number of carbonyl (C=O) groups is 4. The molecule has 1 aromatic heterocycles. The summed E-state index contributed by atoms with van der Waals surface area (Å²) in [5.74, 6) is -8.08. The molecule has 15 heteroatoms. The zero-order valence-electron chi connectivity index (χ0n) is 31.0. The smallest absolute Gasteiger partial charge is 0.433 e. The summed E-state index contributed by atoms with van der Waals surface area (Å²) in [6.07, 6.45) is -3.03. The number of hydrazine groups is 2. The number of nitrogens with one attached hydrogen (secondary N) is 1. The van der Waals surface area contributed by atoms with E-state index in [1.54, 1.807) is 67.6 Å². The highest BCUT2D eigenvalue weighted by molar-refractivity contribution is 6.33. The zero-order chi connectivity index (χ0) is 40.6. The van der Waals surface area contributed by atoms with Crippen molar-refractivity contribution >= 4 is 46.7 Å². The maximum Gasteiger partial charge on any atom is 0.433 e. The highest BCUT2D eigenvalue weighted by atomic mass is 35.5. The fourth-order valence-corrected chi connectivity index (χ4v) is 9.55. The van der Waals surface area contributed by atoms with Crippen molar-refractivity contribution in [2.45, 2.75) is 44.2 Å². The van der Waals surface area contributed by atoms with Crippen LogP contribution in [0, 0.1) is 30.6 Å². The Morgan fingerprint density at radius 1 is 0.947 bits per heavy atom. The van der Waals surface area contributed by atoms with E-state index in [0.29, 0.717) is 22.9 Å². The molecule has 2 aliphatic carbocycles. The number of anilines is 2. The van der Waals surface area contributed by atoms with Gasteiger partial charge < -0.3 is 9.84 Å². The molecule has 3 heterocycles. The Bertz CT molecular complexity index is 2340. The number of carbonyl (C=O) groups excluding carboxylic acids is 4. The van der Waals surface area contributed by atoms with Crippen LogP contribution in [0.1, 0.15) is 48.1 Å². The third-order valence-corrected chi connectivity index (χ3v) is 12.0. The first kappa shape index (κ1) is 38.0. The zero-order valence-corrected chi connectivity index (χ0v) is 31.7. The monoisotopic (exact) mass is 799 g/mol. The van der Waals surface area contributed by atoms with Gasteiger partial charge in [-0.1, -0.05) is 83.4 Å². The van der Waals surface area contributed by atoms with Crippen LogP contribution in [-0.2, 0) is 30.8 Å². The van der Waals surface area contributed by atoms with Crippen molar-refractivity contribution in [2.24, 2.45) is 23.7 Å². The fourth-order valence-electron chi connectivity index (χ4n) is 9.33. The molecule has 2 aliphatic heterocycles. The van der Waals surface area contributed by atoms with Gasteiger partial charge in [0.05, 0.1) is 40.5 Å². The van der Waals surface area contributed by atoms with Crippen molar-refractivity contribution in [1.29, 1.82) is 0 Å². The first-order chi connectivity index (χ1) is 27.2. The summed E-state index contributed by atoms with van der Waals surface area (Å²) < 4.78 is 46.9. The Hall–Kier alpha value is -5.89. The molecule has 11 nitrogen and oxygen atoms in total. The maximum absolute atomic E-state index is 15.4. The summed E-state index contributed by atoms with van der Waals surface area (Å²) in [7, 11) is 1.24. The number of para-hydroxylation sites is 1. The highest BCUT2D eigenvalue weighted by Gasteiger charge is 2.71.